The molecule has 22 heavy (non-hydrogen) atoms. The molecule has 0 radical (unpaired) electrons. The van der Waals surface area contributed by atoms with E-state index in [4.69, 9.17) is 4.74 Å². The lowest BCUT2D eigenvalue weighted by molar-refractivity contribution is -0.116. The topological polar surface area (TPSA) is 79.5 Å². The number of hydrogen-bond acceptors (Lipinski definition) is 4. The van der Waals surface area contributed by atoms with Crippen molar-refractivity contribution >= 4 is 35.6 Å². The zero-order chi connectivity index (χ0) is 15.2. The zero-order valence-electron chi connectivity index (χ0n) is 12.8. The second kappa shape index (κ2) is 8.60. The van der Waals surface area contributed by atoms with Gasteiger partial charge in [0, 0.05) is 31.1 Å². The fourth-order valence-electron chi connectivity index (χ4n) is 2.43. The third-order valence-electron chi connectivity index (χ3n) is 3.39. The average molecular weight is 328 g/mol. The van der Waals surface area contributed by atoms with E-state index in [1.807, 2.05) is 0 Å². The van der Waals surface area contributed by atoms with Gasteiger partial charge in [-0.15, -0.1) is 12.4 Å². The first-order valence-electron chi connectivity index (χ1n) is 7.07. The number of rotatable bonds is 5. The summed E-state index contributed by atoms with van der Waals surface area (Å²) in [6.07, 6.45) is 2.63. The number of methoxy groups -OCH3 is 1. The van der Waals surface area contributed by atoms with Crippen LogP contribution < -0.4 is 20.7 Å². The number of carbonyl (C=O) groups excluding carboxylic acids is 2. The van der Waals surface area contributed by atoms with E-state index in [-0.39, 0.29) is 30.3 Å². The van der Waals surface area contributed by atoms with E-state index in [0.29, 0.717) is 23.5 Å². The third kappa shape index (κ3) is 5.20. The molecule has 122 valence electrons. The lowest BCUT2D eigenvalue weighted by atomic mass is 10.1. The number of carbonyl (C=O) groups is 2. The van der Waals surface area contributed by atoms with Gasteiger partial charge in [-0.1, -0.05) is 0 Å². The van der Waals surface area contributed by atoms with Crippen LogP contribution in [0.25, 0.3) is 0 Å². The van der Waals surface area contributed by atoms with Crippen LogP contribution in [0.1, 0.15) is 26.2 Å². The molecule has 0 aliphatic carbocycles. The molecule has 1 saturated heterocycles. The molecule has 1 heterocycles. The summed E-state index contributed by atoms with van der Waals surface area (Å²) in [4.78, 5) is 23.1. The molecule has 0 saturated carbocycles. The fraction of sp³-hybridized carbons (Fsp3) is 0.467. The Bertz CT molecular complexity index is 531. The van der Waals surface area contributed by atoms with E-state index in [1.165, 1.54) is 14.0 Å². The predicted molar refractivity (Wildman–Crippen MR) is 88.8 cm³/mol. The Balaban J connectivity index is 0.00000242. The van der Waals surface area contributed by atoms with Crippen LogP contribution >= 0.6 is 12.4 Å². The summed E-state index contributed by atoms with van der Waals surface area (Å²) in [5.41, 5.74) is 1.24. The van der Waals surface area contributed by atoms with E-state index < -0.39 is 0 Å². The van der Waals surface area contributed by atoms with Crippen molar-refractivity contribution in [2.75, 3.05) is 24.3 Å². The maximum absolute atomic E-state index is 12.0. The maximum atomic E-state index is 12.0. The van der Waals surface area contributed by atoms with Crippen LogP contribution in [0.5, 0.6) is 5.75 Å². The van der Waals surface area contributed by atoms with Crippen molar-refractivity contribution in [1.82, 2.24) is 5.32 Å². The summed E-state index contributed by atoms with van der Waals surface area (Å²) in [7, 11) is 1.52. The standard InChI is InChI=1S/C15H21N3O3.ClH/c1-10(19)17-13-6-5-12(8-14(13)21-2)18-15(20)9-11-4-3-7-16-11;/h5-6,8,11,16H,3-4,7,9H2,1-2H3,(H,17,19)(H,18,20);1H. The van der Waals surface area contributed by atoms with Gasteiger partial charge in [0.1, 0.15) is 5.75 Å². The lowest BCUT2D eigenvalue weighted by Crippen LogP contribution is -2.27. The van der Waals surface area contributed by atoms with Gasteiger partial charge in [-0.05, 0) is 31.5 Å². The smallest absolute Gasteiger partial charge is 0.225 e. The monoisotopic (exact) mass is 327 g/mol. The van der Waals surface area contributed by atoms with E-state index in [9.17, 15) is 9.59 Å². The van der Waals surface area contributed by atoms with Gasteiger partial charge in [-0.2, -0.15) is 0 Å². The molecule has 0 aromatic heterocycles. The SMILES string of the molecule is COc1cc(NC(=O)CC2CCCN2)ccc1NC(C)=O.Cl. The average Bonchev–Trinajstić information content (AvgIpc) is 2.92. The largest absolute Gasteiger partial charge is 0.494 e. The third-order valence-corrected chi connectivity index (χ3v) is 3.39. The van der Waals surface area contributed by atoms with Crippen LogP contribution in [0.3, 0.4) is 0 Å². The van der Waals surface area contributed by atoms with Gasteiger partial charge in [-0.25, -0.2) is 0 Å². The highest BCUT2D eigenvalue weighted by Gasteiger charge is 2.18. The second-order valence-corrected chi connectivity index (χ2v) is 5.14. The minimum atomic E-state index is -0.169. The Kier molecular flexibility index (Phi) is 7.14. The molecule has 2 rings (SSSR count). The Labute approximate surface area is 136 Å². The molecule has 3 N–H and O–H groups in total. The number of nitrogens with one attached hydrogen (secondary N) is 3. The number of hydrogen-bond donors (Lipinski definition) is 3. The van der Waals surface area contributed by atoms with Crippen molar-refractivity contribution in [3.8, 4) is 5.75 Å². The molecular formula is C15H22ClN3O3. The minimum absolute atomic E-state index is 0. The van der Waals surface area contributed by atoms with Crippen molar-refractivity contribution < 1.29 is 14.3 Å². The Morgan fingerprint density at radius 2 is 2.14 bits per heavy atom. The molecule has 1 aromatic rings. The van der Waals surface area contributed by atoms with Crippen molar-refractivity contribution in [2.24, 2.45) is 0 Å². The van der Waals surface area contributed by atoms with Crippen LogP contribution in [0.4, 0.5) is 11.4 Å². The zero-order valence-corrected chi connectivity index (χ0v) is 13.6. The van der Waals surface area contributed by atoms with Gasteiger partial charge in [0.2, 0.25) is 11.8 Å². The van der Waals surface area contributed by atoms with Gasteiger partial charge in [0.15, 0.2) is 0 Å². The van der Waals surface area contributed by atoms with Crippen molar-refractivity contribution in [2.45, 2.75) is 32.2 Å². The number of anilines is 2. The molecule has 0 bridgehead atoms. The summed E-state index contributed by atoms with van der Waals surface area (Å²) in [5, 5.41) is 8.82. The van der Waals surface area contributed by atoms with Crippen LogP contribution in [-0.2, 0) is 9.59 Å². The van der Waals surface area contributed by atoms with E-state index in [2.05, 4.69) is 16.0 Å². The first kappa shape index (κ1) is 18.3. The minimum Gasteiger partial charge on any atom is -0.494 e. The first-order chi connectivity index (χ1) is 10.1. The van der Waals surface area contributed by atoms with Crippen LogP contribution in [-0.4, -0.2) is 31.5 Å². The molecule has 7 heteroatoms. The van der Waals surface area contributed by atoms with Crippen molar-refractivity contribution in [3.63, 3.8) is 0 Å². The molecule has 1 aromatic carbocycles. The van der Waals surface area contributed by atoms with E-state index in [1.54, 1.807) is 18.2 Å². The highest BCUT2D eigenvalue weighted by atomic mass is 35.5. The normalized spacial score (nSPS) is 16.5. The molecule has 1 atom stereocenters. The lowest BCUT2D eigenvalue weighted by Gasteiger charge is -2.13. The molecule has 6 nitrogen and oxygen atoms in total. The van der Waals surface area contributed by atoms with Gasteiger partial charge in [0.05, 0.1) is 12.8 Å². The maximum Gasteiger partial charge on any atom is 0.225 e. The molecule has 1 aliphatic heterocycles. The summed E-state index contributed by atoms with van der Waals surface area (Å²) < 4.78 is 5.22. The van der Waals surface area contributed by atoms with Crippen molar-refractivity contribution in [3.05, 3.63) is 18.2 Å². The molecular weight excluding hydrogens is 306 g/mol. The highest BCUT2D eigenvalue weighted by Crippen LogP contribution is 2.28. The van der Waals surface area contributed by atoms with Gasteiger partial charge in [-0.3, -0.25) is 9.59 Å². The number of benzene rings is 1. The van der Waals surface area contributed by atoms with Crippen LogP contribution in [0.2, 0.25) is 0 Å². The highest BCUT2D eigenvalue weighted by molar-refractivity contribution is 5.94. The molecule has 1 aliphatic rings. The molecule has 0 spiro atoms. The summed E-state index contributed by atoms with van der Waals surface area (Å²) in [6, 6.07) is 5.42. The number of amides is 2. The Morgan fingerprint density at radius 3 is 2.73 bits per heavy atom. The second-order valence-electron chi connectivity index (χ2n) is 5.14. The van der Waals surface area contributed by atoms with E-state index >= 15 is 0 Å². The van der Waals surface area contributed by atoms with Crippen LogP contribution in [0.15, 0.2) is 18.2 Å². The van der Waals surface area contributed by atoms with Gasteiger partial charge < -0.3 is 20.7 Å². The summed E-state index contributed by atoms with van der Waals surface area (Å²) >= 11 is 0. The van der Waals surface area contributed by atoms with E-state index in [0.717, 1.165) is 19.4 Å². The molecule has 1 unspecified atom stereocenters. The molecule has 1 fully saturated rings. The van der Waals surface area contributed by atoms with Gasteiger partial charge in [0.25, 0.3) is 0 Å². The van der Waals surface area contributed by atoms with Crippen LogP contribution in [0, 0.1) is 0 Å². The predicted octanol–water partition coefficient (Wildman–Crippen LogP) is 2.16. The Morgan fingerprint density at radius 1 is 1.36 bits per heavy atom. The van der Waals surface area contributed by atoms with Gasteiger partial charge >= 0.3 is 0 Å². The van der Waals surface area contributed by atoms with Crippen molar-refractivity contribution in [1.29, 1.82) is 0 Å². The number of ether oxygens (including phenoxy) is 1. The molecule has 2 amide bonds. The fourth-order valence-corrected chi connectivity index (χ4v) is 2.43. The summed E-state index contributed by atoms with van der Waals surface area (Å²) in [5.74, 6) is 0.322. The quantitative estimate of drug-likeness (QED) is 0.774. The Hall–Kier alpha value is -1.79. The number of halogens is 1. The summed E-state index contributed by atoms with van der Waals surface area (Å²) in [6.45, 7) is 2.42. The first-order valence-corrected chi connectivity index (χ1v) is 7.07.